The Balaban J connectivity index is 1.86. The fourth-order valence-corrected chi connectivity index (χ4v) is 3.81. The molecule has 5 heteroatoms. The van der Waals surface area contributed by atoms with Gasteiger partial charge in [0.25, 0.3) is 0 Å². The lowest BCUT2D eigenvalue weighted by atomic mass is 9.89. The second-order valence-electron chi connectivity index (χ2n) is 5.76. The average Bonchev–Trinajstić information content (AvgIpc) is 2.91. The highest BCUT2D eigenvalue weighted by Gasteiger charge is 2.38. The summed E-state index contributed by atoms with van der Waals surface area (Å²) < 4.78 is 6.65. The number of nitrogens with zero attached hydrogens (tertiary/aromatic N) is 2. The van der Waals surface area contributed by atoms with E-state index in [1.54, 1.807) is 0 Å². The summed E-state index contributed by atoms with van der Waals surface area (Å²) in [6.45, 7) is 4.42. The largest absolute Gasteiger partial charge is 0.393 e. The lowest BCUT2D eigenvalue weighted by Gasteiger charge is -2.37. The quantitative estimate of drug-likeness (QED) is 0.898. The highest BCUT2D eigenvalue weighted by Crippen LogP contribution is 2.36. The first-order valence-electron chi connectivity index (χ1n) is 7.32. The molecule has 3 atom stereocenters. The average molecular weight is 341 g/mol. The topological polar surface area (TPSA) is 45.6 Å². The maximum Gasteiger partial charge on any atom is 0.143 e. The molecule has 0 aromatic carbocycles. The number of halogens is 1. The third kappa shape index (κ3) is 2.59. The Hall–Kier alpha value is -0.650. The minimum atomic E-state index is -0.252. The maximum absolute atomic E-state index is 10.3. The lowest BCUT2D eigenvalue weighted by Crippen LogP contribution is -2.46. The van der Waals surface area contributed by atoms with Crippen LogP contribution in [0.5, 0.6) is 0 Å². The number of rotatable bonds is 2. The third-order valence-electron chi connectivity index (χ3n) is 4.49. The molecule has 110 valence electrons. The van der Waals surface area contributed by atoms with Crippen molar-refractivity contribution in [3.8, 4) is 0 Å². The van der Waals surface area contributed by atoms with Gasteiger partial charge < -0.3 is 14.7 Å². The molecule has 0 radical (unpaired) electrons. The molecule has 2 saturated heterocycles. The normalized spacial score (nSPS) is 30.8. The number of pyridine rings is 1. The van der Waals surface area contributed by atoms with E-state index in [-0.39, 0.29) is 12.0 Å². The van der Waals surface area contributed by atoms with Gasteiger partial charge >= 0.3 is 0 Å². The number of aliphatic hydroxyl groups is 1. The van der Waals surface area contributed by atoms with Gasteiger partial charge in [0.1, 0.15) is 5.82 Å². The molecule has 4 nitrogen and oxygen atoms in total. The van der Waals surface area contributed by atoms with Gasteiger partial charge in [-0.2, -0.15) is 0 Å². The second kappa shape index (κ2) is 6.00. The Morgan fingerprint density at radius 3 is 3.10 bits per heavy atom. The molecule has 20 heavy (non-hydrogen) atoms. The number of hydrogen-bond donors (Lipinski definition) is 1. The van der Waals surface area contributed by atoms with Crippen molar-refractivity contribution < 1.29 is 9.84 Å². The van der Waals surface area contributed by atoms with Crippen LogP contribution in [0.1, 0.15) is 24.8 Å². The molecule has 3 heterocycles. The van der Waals surface area contributed by atoms with Gasteiger partial charge in [-0.15, -0.1) is 0 Å². The van der Waals surface area contributed by atoms with Crippen molar-refractivity contribution >= 4 is 21.7 Å². The molecule has 0 spiro atoms. The van der Waals surface area contributed by atoms with Crippen molar-refractivity contribution in [1.29, 1.82) is 0 Å². The standard InChI is InChI=1S/C15H21BrN2O2/c1-10-4-6-17-15(14(10)16)18-7-2-3-12(18)11-9-20-8-5-13(11)19/h4,6,11-13,19H,2-3,5,7-9H2,1H3/t11-,12+,13+/m0/s1. The van der Waals surface area contributed by atoms with Gasteiger partial charge in [0.2, 0.25) is 0 Å². The molecule has 1 aromatic rings. The Morgan fingerprint density at radius 1 is 1.45 bits per heavy atom. The molecule has 1 N–H and O–H groups in total. The third-order valence-corrected chi connectivity index (χ3v) is 5.47. The van der Waals surface area contributed by atoms with Crippen LogP contribution >= 0.6 is 15.9 Å². The molecule has 2 fully saturated rings. The monoisotopic (exact) mass is 340 g/mol. The van der Waals surface area contributed by atoms with Crippen LogP contribution in [-0.4, -0.2) is 42.0 Å². The Bertz CT molecular complexity index is 483. The summed E-state index contributed by atoms with van der Waals surface area (Å²) in [6.07, 6.45) is 4.61. The molecule has 0 aliphatic carbocycles. The number of anilines is 1. The van der Waals surface area contributed by atoms with Crippen LogP contribution < -0.4 is 4.90 Å². The van der Waals surface area contributed by atoms with E-state index in [4.69, 9.17) is 4.74 Å². The van der Waals surface area contributed by atoms with Gasteiger partial charge in [-0.25, -0.2) is 4.98 Å². The van der Waals surface area contributed by atoms with Crippen molar-refractivity contribution in [3.05, 3.63) is 22.3 Å². The molecular weight excluding hydrogens is 320 g/mol. The smallest absolute Gasteiger partial charge is 0.143 e. The van der Waals surface area contributed by atoms with Crippen molar-refractivity contribution in [3.63, 3.8) is 0 Å². The molecule has 0 amide bonds. The van der Waals surface area contributed by atoms with Crippen LogP contribution in [-0.2, 0) is 4.74 Å². The van der Waals surface area contributed by atoms with Gasteiger partial charge in [-0.3, -0.25) is 0 Å². The molecule has 3 rings (SSSR count). The van der Waals surface area contributed by atoms with Crippen molar-refractivity contribution in [2.45, 2.75) is 38.3 Å². The summed E-state index contributed by atoms with van der Waals surface area (Å²) in [5.41, 5.74) is 1.20. The Labute approximate surface area is 128 Å². The number of aromatic nitrogens is 1. The first-order valence-corrected chi connectivity index (χ1v) is 8.11. The van der Waals surface area contributed by atoms with E-state index in [2.05, 4.69) is 32.7 Å². The highest BCUT2D eigenvalue weighted by atomic mass is 79.9. The highest BCUT2D eigenvalue weighted by molar-refractivity contribution is 9.10. The zero-order valence-electron chi connectivity index (χ0n) is 11.8. The van der Waals surface area contributed by atoms with Crippen LogP contribution in [0, 0.1) is 12.8 Å². The predicted octanol–water partition coefficient (Wildman–Crippen LogP) is 2.52. The van der Waals surface area contributed by atoms with E-state index in [0.29, 0.717) is 19.3 Å². The van der Waals surface area contributed by atoms with Gasteiger partial charge in [0.15, 0.2) is 0 Å². The van der Waals surface area contributed by atoms with Gasteiger partial charge in [-0.05, 0) is 53.7 Å². The van der Waals surface area contributed by atoms with Crippen molar-refractivity contribution in [1.82, 2.24) is 4.98 Å². The van der Waals surface area contributed by atoms with E-state index in [9.17, 15) is 5.11 Å². The zero-order valence-corrected chi connectivity index (χ0v) is 13.3. The van der Waals surface area contributed by atoms with Crippen LogP contribution in [0.15, 0.2) is 16.7 Å². The maximum atomic E-state index is 10.3. The fourth-order valence-electron chi connectivity index (χ4n) is 3.34. The van der Waals surface area contributed by atoms with E-state index in [1.807, 2.05) is 12.3 Å². The zero-order chi connectivity index (χ0) is 14.1. The molecule has 1 aromatic heterocycles. The van der Waals surface area contributed by atoms with E-state index >= 15 is 0 Å². The first-order chi connectivity index (χ1) is 9.68. The number of ether oxygens (including phenoxy) is 1. The predicted molar refractivity (Wildman–Crippen MR) is 82.0 cm³/mol. The SMILES string of the molecule is Cc1ccnc(N2CCC[C@@H]2[C@@H]2COCC[C@H]2O)c1Br. The number of aryl methyl sites for hydroxylation is 1. The number of aliphatic hydroxyl groups excluding tert-OH is 1. The van der Waals surface area contributed by atoms with Crippen molar-refractivity contribution in [2.75, 3.05) is 24.7 Å². The van der Waals surface area contributed by atoms with E-state index < -0.39 is 0 Å². The number of hydrogen-bond acceptors (Lipinski definition) is 4. The second-order valence-corrected chi connectivity index (χ2v) is 6.56. The van der Waals surface area contributed by atoms with E-state index in [0.717, 1.165) is 36.1 Å². The molecule has 0 saturated carbocycles. The summed E-state index contributed by atoms with van der Waals surface area (Å²) in [6, 6.07) is 2.34. The minimum Gasteiger partial charge on any atom is -0.393 e. The van der Waals surface area contributed by atoms with Gasteiger partial charge in [0, 0.05) is 31.3 Å². The minimum absolute atomic E-state index is 0.195. The van der Waals surface area contributed by atoms with Crippen LogP contribution in [0.3, 0.4) is 0 Å². The molecule has 2 aliphatic heterocycles. The molecule has 0 bridgehead atoms. The summed E-state index contributed by atoms with van der Waals surface area (Å²) in [4.78, 5) is 6.89. The first kappa shape index (κ1) is 14.3. The van der Waals surface area contributed by atoms with Gasteiger partial charge in [-0.1, -0.05) is 0 Å². The van der Waals surface area contributed by atoms with Crippen LogP contribution in [0.25, 0.3) is 0 Å². The Kier molecular flexibility index (Phi) is 4.29. The summed E-state index contributed by atoms with van der Waals surface area (Å²) in [7, 11) is 0. The molecular formula is C15H21BrN2O2. The van der Waals surface area contributed by atoms with E-state index in [1.165, 1.54) is 5.56 Å². The summed E-state index contributed by atoms with van der Waals surface area (Å²) in [5, 5.41) is 10.3. The lowest BCUT2D eigenvalue weighted by molar-refractivity contribution is -0.0438. The summed E-state index contributed by atoms with van der Waals surface area (Å²) >= 11 is 3.66. The fraction of sp³-hybridized carbons (Fsp3) is 0.667. The Morgan fingerprint density at radius 2 is 2.30 bits per heavy atom. The van der Waals surface area contributed by atoms with Gasteiger partial charge in [0.05, 0.1) is 17.2 Å². The molecule has 2 aliphatic rings. The van der Waals surface area contributed by atoms with Crippen LogP contribution in [0.2, 0.25) is 0 Å². The summed E-state index contributed by atoms with van der Waals surface area (Å²) in [5.74, 6) is 1.20. The van der Waals surface area contributed by atoms with Crippen LogP contribution in [0.4, 0.5) is 5.82 Å². The van der Waals surface area contributed by atoms with Crippen molar-refractivity contribution in [2.24, 2.45) is 5.92 Å². The molecule has 0 unspecified atom stereocenters.